The molecule has 0 amide bonds. The van der Waals surface area contributed by atoms with Crippen LogP contribution in [0.25, 0.3) is 0 Å². The Morgan fingerprint density at radius 1 is 1.23 bits per heavy atom. The predicted octanol–water partition coefficient (Wildman–Crippen LogP) is 2.89. The van der Waals surface area contributed by atoms with Crippen molar-refractivity contribution < 1.29 is 24.2 Å². The Kier molecular flexibility index (Phi) is 4.05. The lowest BCUT2D eigenvalue weighted by Crippen LogP contribution is -2.65. The number of aliphatic hydroxyl groups is 2. The molecule has 144 valence electrons. The van der Waals surface area contributed by atoms with E-state index >= 15 is 0 Å². The predicted molar refractivity (Wildman–Crippen MR) is 95.4 cm³/mol. The van der Waals surface area contributed by atoms with Crippen LogP contribution >= 0.6 is 0 Å². The van der Waals surface area contributed by atoms with Gasteiger partial charge in [-0.2, -0.15) is 0 Å². The molecular formula is C21H30O5. The molecule has 3 aliphatic carbocycles. The van der Waals surface area contributed by atoms with E-state index < -0.39 is 18.1 Å². The summed E-state index contributed by atoms with van der Waals surface area (Å²) < 4.78 is 10.8. The quantitative estimate of drug-likeness (QED) is 0.751. The van der Waals surface area contributed by atoms with Crippen molar-refractivity contribution in [1.29, 1.82) is 0 Å². The van der Waals surface area contributed by atoms with Gasteiger partial charge in [-0.25, -0.2) is 0 Å². The first kappa shape index (κ1) is 18.1. The zero-order valence-corrected chi connectivity index (χ0v) is 16.1. The monoisotopic (exact) mass is 362 g/mol. The van der Waals surface area contributed by atoms with Crippen LogP contribution in [0.15, 0.2) is 16.7 Å². The largest absolute Gasteiger partial charge is 0.469 e. The maximum absolute atomic E-state index is 12.7. The molecule has 7 atom stereocenters. The fourth-order valence-electron chi connectivity index (χ4n) is 6.91. The Hall–Kier alpha value is -1.33. The maximum Gasteiger partial charge on any atom is 0.313 e. The first-order valence-corrected chi connectivity index (χ1v) is 9.72. The van der Waals surface area contributed by atoms with E-state index in [0.717, 1.165) is 30.6 Å². The Bertz CT molecular complexity index is 707. The summed E-state index contributed by atoms with van der Waals surface area (Å²) >= 11 is 0. The zero-order valence-electron chi connectivity index (χ0n) is 16.1. The van der Waals surface area contributed by atoms with Crippen molar-refractivity contribution >= 4 is 5.97 Å². The third kappa shape index (κ3) is 2.26. The molecule has 0 spiro atoms. The van der Waals surface area contributed by atoms with Crippen LogP contribution in [-0.4, -0.2) is 35.5 Å². The summed E-state index contributed by atoms with van der Waals surface area (Å²) in [5.41, 5.74) is 0.603. The highest BCUT2D eigenvalue weighted by molar-refractivity contribution is 5.79. The molecule has 0 saturated heterocycles. The van der Waals surface area contributed by atoms with Crippen LogP contribution < -0.4 is 0 Å². The average molecular weight is 362 g/mol. The molecule has 5 nitrogen and oxygen atoms in total. The standard InChI is InChI=1S/C21H30O5/c1-20(2)7-5-8-21(3)12-10-13-11(6-9-26-13)14(19(24)25-4)15(12)16(22)17(23)18(20)21/h6,9,12,14-18,22-23H,5,7-8,10H2,1-4H3/t12?,14-,15?,16-,17+,18?,21-/m1/s1. The zero-order chi connectivity index (χ0) is 18.9. The number of furan rings is 1. The van der Waals surface area contributed by atoms with E-state index in [1.54, 1.807) is 6.26 Å². The lowest BCUT2D eigenvalue weighted by molar-refractivity contribution is -0.219. The minimum Gasteiger partial charge on any atom is -0.469 e. The summed E-state index contributed by atoms with van der Waals surface area (Å²) in [5, 5.41) is 22.3. The van der Waals surface area contributed by atoms with Crippen LogP contribution in [0.3, 0.4) is 0 Å². The van der Waals surface area contributed by atoms with E-state index in [4.69, 9.17) is 9.15 Å². The normalized spacial score (nSPS) is 43.8. The van der Waals surface area contributed by atoms with Gasteiger partial charge in [-0.05, 0) is 41.6 Å². The van der Waals surface area contributed by atoms with Gasteiger partial charge in [-0.1, -0.05) is 27.2 Å². The Morgan fingerprint density at radius 3 is 2.65 bits per heavy atom. The van der Waals surface area contributed by atoms with Crippen molar-refractivity contribution in [3.63, 3.8) is 0 Å². The third-order valence-corrected chi connectivity index (χ3v) is 7.85. The molecular weight excluding hydrogens is 332 g/mol. The fourth-order valence-corrected chi connectivity index (χ4v) is 6.91. The summed E-state index contributed by atoms with van der Waals surface area (Å²) in [5.74, 6) is -0.389. The molecule has 3 unspecified atom stereocenters. The van der Waals surface area contributed by atoms with Gasteiger partial charge in [-0.15, -0.1) is 0 Å². The van der Waals surface area contributed by atoms with Crippen molar-refractivity contribution in [2.45, 2.75) is 64.6 Å². The summed E-state index contributed by atoms with van der Waals surface area (Å²) in [6.45, 7) is 6.64. The van der Waals surface area contributed by atoms with Crippen molar-refractivity contribution in [2.24, 2.45) is 28.6 Å². The highest BCUT2D eigenvalue weighted by atomic mass is 16.5. The van der Waals surface area contributed by atoms with Crippen LogP contribution in [-0.2, 0) is 16.0 Å². The topological polar surface area (TPSA) is 79.9 Å². The lowest BCUT2D eigenvalue weighted by atomic mass is 9.42. The summed E-state index contributed by atoms with van der Waals surface area (Å²) in [4.78, 5) is 12.7. The second-order valence-corrected chi connectivity index (χ2v) is 9.49. The second-order valence-electron chi connectivity index (χ2n) is 9.49. The molecule has 4 rings (SSSR count). The molecule has 5 heteroatoms. The molecule has 0 aliphatic heterocycles. The molecule has 2 fully saturated rings. The Labute approximate surface area is 154 Å². The van der Waals surface area contributed by atoms with Crippen LogP contribution in [0.4, 0.5) is 0 Å². The number of esters is 1. The van der Waals surface area contributed by atoms with Gasteiger partial charge in [0.15, 0.2) is 0 Å². The Balaban J connectivity index is 1.86. The second kappa shape index (κ2) is 5.83. The van der Waals surface area contributed by atoms with Gasteiger partial charge >= 0.3 is 5.97 Å². The van der Waals surface area contributed by atoms with E-state index in [9.17, 15) is 15.0 Å². The summed E-state index contributed by atoms with van der Waals surface area (Å²) in [6.07, 6.45) is 3.68. The number of hydrogen-bond donors (Lipinski definition) is 2. The van der Waals surface area contributed by atoms with E-state index in [0.29, 0.717) is 6.42 Å². The molecule has 0 aromatic carbocycles. The number of rotatable bonds is 1. The minimum atomic E-state index is -0.942. The van der Waals surface area contributed by atoms with Crippen LogP contribution in [0.1, 0.15) is 57.3 Å². The number of aliphatic hydroxyl groups excluding tert-OH is 2. The number of ether oxygens (including phenoxy) is 1. The molecule has 3 aliphatic rings. The number of carbonyl (C=O) groups is 1. The summed E-state index contributed by atoms with van der Waals surface area (Å²) in [7, 11) is 1.38. The first-order chi connectivity index (χ1) is 12.2. The molecule has 2 N–H and O–H groups in total. The van der Waals surface area contributed by atoms with Crippen LogP contribution in [0.5, 0.6) is 0 Å². The number of fused-ring (bicyclic) bond motifs is 4. The van der Waals surface area contributed by atoms with E-state index in [1.807, 2.05) is 6.07 Å². The molecule has 26 heavy (non-hydrogen) atoms. The van der Waals surface area contributed by atoms with Crippen molar-refractivity contribution in [3.8, 4) is 0 Å². The van der Waals surface area contributed by atoms with Gasteiger partial charge in [0.05, 0.1) is 31.5 Å². The maximum atomic E-state index is 12.7. The lowest BCUT2D eigenvalue weighted by Gasteiger charge is -2.63. The summed E-state index contributed by atoms with van der Waals surface area (Å²) in [6, 6.07) is 1.81. The van der Waals surface area contributed by atoms with E-state index in [-0.39, 0.29) is 34.6 Å². The fraction of sp³-hybridized carbons (Fsp3) is 0.762. The van der Waals surface area contributed by atoms with Gasteiger partial charge in [0.25, 0.3) is 0 Å². The van der Waals surface area contributed by atoms with Gasteiger partial charge < -0.3 is 19.4 Å². The van der Waals surface area contributed by atoms with Crippen LogP contribution in [0, 0.1) is 28.6 Å². The van der Waals surface area contributed by atoms with Crippen LogP contribution in [0.2, 0.25) is 0 Å². The van der Waals surface area contributed by atoms with Gasteiger partial charge in [0.2, 0.25) is 0 Å². The number of hydrogen-bond acceptors (Lipinski definition) is 5. The molecule has 1 aromatic heterocycles. The minimum absolute atomic E-state index is 0.00481. The highest BCUT2D eigenvalue weighted by Crippen LogP contribution is 2.64. The smallest absolute Gasteiger partial charge is 0.313 e. The van der Waals surface area contributed by atoms with Gasteiger partial charge in [-0.3, -0.25) is 4.79 Å². The Morgan fingerprint density at radius 2 is 1.96 bits per heavy atom. The average Bonchev–Trinajstić information content (AvgIpc) is 3.05. The van der Waals surface area contributed by atoms with Crippen molar-refractivity contribution in [1.82, 2.24) is 0 Å². The van der Waals surface area contributed by atoms with Gasteiger partial charge in [0, 0.05) is 17.9 Å². The van der Waals surface area contributed by atoms with Crippen molar-refractivity contribution in [3.05, 3.63) is 23.7 Å². The molecule has 1 heterocycles. The molecule has 0 bridgehead atoms. The highest BCUT2D eigenvalue weighted by Gasteiger charge is 2.64. The molecule has 0 radical (unpaired) electrons. The number of carbonyl (C=O) groups excluding carboxylic acids is 1. The molecule has 1 aromatic rings. The number of methoxy groups -OCH3 is 1. The molecule has 2 saturated carbocycles. The van der Waals surface area contributed by atoms with E-state index in [1.165, 1.54) is 7.11 Å². The third-order valence-electron chi connectivity index (χ3n) is 7.85. The van der Waals surface area contributed by atoms with Gasteiger partial charge in [0.1, 0.15) is 5.76 Å². The van der Waals surface area contributed by atoms with Crippen molar-refractivity contribution in [2.75, 3.05) is 7.11 Å². The SMILES string of the molecule is COC(=O)[C@@H]1c2ccoc2CC2C1[C@@H](O)[C@H](O)C1C(C)(C)CCC[C@]21C. The van der Waals surface area contributed by atoms with E-state index in [2.05, 4.69) is 20.8 Å². The first-order valence-electron chi connectivity index (χ1n) is 9.72.